The number of nitrogens with zero attached hydrogens (tertiary/aromatic N) is 3. The molecule has 3 unspecified atom stereocenters. The quantitative estimate of drug-likeness (QED) is 0.327. The van der Waals surface area contributed by atoms with Crippen LogP contribution < -0.4 is 0 Å². The number of carboxylic acids is 1. The van der Waals surface area contributed by atoms with E-state index in [2.05, 4.69) is 10.3 Å². The number of benzene rings is 2. The Hall–Kier alpha value is -3.36. The molecular weight excluding hydrogens is 487 g/mol. The van der Waals surface area contributed by atoms with E-state index in [-0.39, 0.29) is 17.9 Å². The van der Waals surface area contributed by atoms with Crippen LogP contribution in [0.25, 0.3) is 11.3 Å². The van der Waals surface area contributed by atoms with Gasteiger partial charge in [-0.15, -0.1) is 5.10 Å². The van der Waals surface area contributed by atoms with Gasteiger partial charge < -0.3 is 29.9 Å². The van der Waals surface area contributed by atoms with E-state index < -0.39 is 66.6 Å². The molecule has 1 aliphatic rings. The summed E-state index contributed by atoms with van der Waals surface area (Å²) in [5, 5.41) is 48.7. The zero-order valence-electron chi connectivity index (χ0n) is 18.5. The Morgan fingerprint density at radius 1 is 1.11 bits per heavy atom. The molecule has 6 atom stereocenters. The van der Waals surface area contributed by atoms with Crippen LogP contribution in [0, 0.1) is 17.5 Å². The lowest BCUT2D eigenvalue weighted by Crippen LogP contribution is -2.60. The van der Waals surface area contributed by atoms with Crippen LogP contribution in [0.1, 0.15) is 11.6 Å². The van der Waals surface area contributed by atoms with E-state index >= 15 is 0 Å². The van der Waals surface area contributed by atoms with E-state index in [4.69, 9.17) is 9.47 Å². The van der Waals surface area contributed by atoms with E-state index in [1.165, 1.54) is 0 Å². The molecule has 10 nitrogen and oxygen atoms in total. The molecule has 0 bridgehead atoms. The second-order valence-corrected chi connectivity index (χ2v) is 8.19. The second-order valence-electron chi connectivity index (χ2n) is 8.19. The maximum atomic E-state index is 13.7. The number of carboxylic acid groups (broad SMARTS) is 1. The number of halogens is 3. The lowest BCUT2D eigenvalue weighted by molar-refractivity contribution is -0.238. The summed E-state index contributed by atoms with van der Waals surface area (Å²) in [6.45, 7) is -0.863. The van der Waals surface area contributed by atoms with Gasteiger partial charge in [-0.05, 0) is 17.7 Å². The fraction of sp³-hybridized carbons (Fsp3) is 0.348. The maximum Gasteiger partial charge on any atom is 0.335 e. The lowest BCUT2D eigenvalue weighted by Gasteiger charge is -2.43. The topological polar surface area (TPSA) is 147 Å². The van der Waals surface area contributed by atoms with Crippen molar-refractivity contribution in [2.45, 2.75) is 43.2 Å². The van der Waals surface area contributed by atoms with Crippen molar-refractivity contribution in [3.63, 3.8) is 0 Å². The molecule has 3 aromatic rings. The van der Waals surface area contributed by atoms with Crippen LogP contribution >= 0.6 is 0 Å². The van der Waals surface area contributed by atoms with E-state index in [0.29, 0.717) is 17.7 Å². The van der Waals surface area contributed by atoms with Gasteiger partial charge in [0.05, 0.1) is 19.4 Å². The minimum Gasteiger partial charge on any atom is -0.479 e. The zero-order chi connectivity index (χ0) is 26.0. The van der Waals surface area contributed by atoms with Gasteiger partial charge in [-0.1, -0.05) is 35.5 Å². The predicted molar refractivity (Wildman–Crippen MR) is 115 cm³/mol. The molecule has 1 saturated heterocycles. The third-order valence-corrected chi connectivity index (χ3v) is 5.84. The third kappa shape index (κ3) is 5.10. The number of ether oxygens (including phenoxy) is 2. The molecule has 192 valence electrons. The molecule has 13 heteroatoms. The number of rotatable bonds is 8. The highest BCUT2D eigenvalue weighted by atomic mass is 19.2. The van der Waals surface area contributed by atoms with Crippen molar-refractivity contribution in [1.82, 2.24) is 15.0 Å². The summed E-state index contributed by atoms with van der Waals surface area (Å²) in [5.41, 5.74) is 0.369. The smallest absolute Gasteiger partial charge is 0.335 e. The summed E-state index contributed by atoms with van der Waals surface area (Å²) in [6, 6.07) is 8.65. The largest absolute Gasteiger partial charge is 0.479 e. The van der Waals surface area contributed by atoms with Crippen LogP contribution in [0.5, 0.6) is 0 Å². The fourth-order valence-corrected chi connectivity index (χ4v) is 4.02. The van der Waals surface area contributed by atoms with Crippen LogP contribution in [-0.2, 0) is 20.9 Å². The molecule has 1 aromatic heterocycles. The van der Waals surface area contributed by atoms with Crippen molar-refractivity contribution in [3.05, 3.63) is 71.7 Å². The number of aliphatic carboxylic acids is 1. The van der Waals surface area contributed by atoms with Gasteiger partial charge in [0.1, 0.15) is 36.2 Å². The molecule has 36 heavy (non-hydrogen) atoms. The molecule has 0 amide bonds. The molecule has 2 heterocycles. The molecule has 0 aliphatic carbocycles. The highest BCUT2D eigenvalue weighted by molar-refractivity contribution is 5.73. The Morgan fingerprint density at radius 2 is 1.78 bits per heavy atom. The highest BCUT2D eigenvalue weighted by Gasteiger charge is 2.50. The number of aliphatic hydroxyl groups excluding tert-OH is 3. The summed E-state index contributed by atoms with van der Waals surface area (Å²) in [4.78, 5) is 12.0. The summed E-state index contributed by atoms with van der Waals surface area (Å²) in [7, 11) is 0. The molecule has 0 spiro atoms. The van der Waals surface area contributed by atoms with E-state index in [9.17, 15) is 38.4 Å². The van der Waals surface area contributed by atoms with Crippen molar-refractivity contribution >= 4 is 5.97 Å². The van der Waals surface area contributed by atoms with E-state index in [1.807, 2.05) is 0 Å². The molecule has 4 N–H and O–H groups in total. The monoisotopic (exact) mass is 509 g/mol. The Bertz CT molecular complexity index is 1190. The lowest BCUT2D eigenvalue weighted by atomic mass is 9.90. The fourth-order valence-electron chi connectivity index (χ4n) is 4.02. The van der Waals surface area contributed by atoms with Crippen LogP contribution in [0.4, 0.5) is 13.2 Å². The predicted octanol–water partition coefficient (Wildman–Crippen LogP) is 1.05. The van der Waals surface area contributed by atoms with Crippen molar-refractivity contribution in [2.24, 2.45) is 0 Å². The summed E-state index contributed by atoms with van der Waals surface area (Å²) in [5.74, 6) is -6.03. The molecule has 0 saturated carbocycles. The first-order chi connectivity index (χ1) is 17.2. The molecule has 2 aromatic carbocycles. The van der Waals surface area contributed by atoms with Gasteiger partial charge in [-0.3, -0.25) is 0 Å². The number of carbonyl (C=O) groups is 1. The van der Waals surface area contributed by atoms with Crippen LogP contribution in [0.15, 0.2) is 48.7 Å². The summed E-state index contributed by atoms with van der Waals surface area (Å²) in [6.07, 6.45) is -6.77. The number of aliphatic hydroxyl groups is 3. The standard InChI is InChI=1S/C23H22F3N3O7/c24-13-6-12(7-14(25)17(13)26)15-8-29(28-27-15)18-19(31)16(9-30)36-21(20(18)32)22(23(33)34)35-10-11-4-2-1-3-5-11/h1-8,16,18-22,30-32H,9-10H2,(H,33,34)/t16?,18?,19-,20?,21+,22-/m0/s1. The zero-order valence-corrected chi connectivity index (χ0v) is 18.5. The number of hydrogen-bond donors (Lipinski definition) is 4. The van der Waals surface area contributed by atoms with Gasteiger partial charge in [-0.2, -0.15) is 0 Å². The summed E-state index contributed by atoms with van der Waals surface area (Å²) < 4.78 is 52.6. The van der Waals surface area contributed by atoms with Gasteiger partial charge >= 0.3 is 5.97 Å². The Balaban J connectivity index is 1.62. The Kier molecular flexibility index (Phi) is 7.66. The minimum absolute atomic E-state index is 0.120. The Morgan fingerprint density at radius 3 is 2.39 bits per heavy atom. The Labute approximate surface area is 202 Å². The minimum atomic E-state index is -1.73. The molecule has 4 rings (SSSR count). The van der Waals surface area contributed by atoms with Crippen molar-refractivity contribution in [3.8, 4) is 11.3 Å². The van der Waals surface area contributed by atoms with Crippen LogP contribution in [0.2, 0.25) is 0 Å². The molecule has 0 radical (unpaired) electrons. The number of hydrogen-bond acceptors (Lipinski definition) is 8. The first-order valence-corrected chi connectivity index (χ1v) is 10.8. The average Bonchev–Trinajstić information content (AvgIpc) is 3.34. The SMILES string of the molecule is O=C(O)[C@@H](OCc1ccccc1)[C@@H]1OC(CO)[C@H](O)C(n2cc(-c3cc(F)c(F)c(F)c3)nn2)C1O. The molecule has 1 aliphatic heterocycles. The van der Waals surface area contributed by atoms with Gasteiger partial charge in [0.15, 0.2) is 23.6 Å². The van der Waals surface area contributed by atoms with Crippen molar-refractivity contribution < 1.29 is 47.9 Å². The van der Waals surface area contributed by atoms with Crippen LogP contribution in [0.3, 0.4) is 0 Å². The maximum absolute atomic E-state index is 13.7. The van der Waals surface area contributed by atoms with Gasteiger partial charge in [0.2, 0.25) is 0 Å². The van der Waals surface area contributed by atoms with Gasteiger partial charge in [0.25, 0.3) is 0 Å². The van der Waals surface area contributed by atoms with E-state index in [0.717, 1.165) is 10.9 Å². The average molecular weight is 509 g/mol. The highest BCUT2D eigenvalue weighted by Crippen LogP contribution is 2.33. The van der Waals surface area contributed by atoms with Crippen molar-refractivity contribution in [1.29, 1.82) is 0 Å². The van der Waals surface area contributed by atoms with Gasteiger partial charge in [0, 0.05) is 5.56 Å². The molecule has 1 fully saturated rings. The molecular formula is C23H22F3N3O7. The normalized spacial score (nSPS) is 25.0. The third-order valence-electron chi connectivity index (χ3n) is 5.84. The van der Waals surface area contributed by atoms with E-state index in [1.54, 1.807) is 30.3 Å². The first kappa shape index (κ1) is 25.7. The second kappa shape index (κ2) is 10.7. The van der Waals surface area contributed by atoms with Gasteiger partial charge in [-0.25, -0.2) is 22.6 Å². The summed E-state index contributed by atoms with van der Waals surface area (Å²) >= 11 is 0. The first-order valence-electron chi connectivity index (χ1n) is 10.8. The van der Waals surface area contributed by atoms with Crippen molar-refractivity contribution in [2.75, 3.05) is 6.61 Å². The number of aromatic nitrogens is 3. The van der Waals surface area contributed by atoms with Crippen LogP contribution in [-0.4, -0.2) is 78.5 Å².